The Morgan fingerprint density at radius 3 is 2.70 bits per heavy atom. The minimum atomic E-state index is -0.0214. The van der Waals surface area contributed by atoms with E-state index in [4.69, 9.17) is 25.4 Å². The van der Waals surface area contributed by atoms with E-state index in [1.165, 1.54) is 18.5 Å². The molecule has 3 fully saturated rings. The highest BCUT2D eigenvalue weighted by molar-refractivity contribution is 5.89. The first-order valence-electron chi connectivity index (χ1n) is 12.5. The van der Waals surface area contributed by atoms with Crippen LogP contribution in [0.25, 0.3) is 22.4 Å². The highest BCUT2D eigenvalue weighted by atomic mass is 16.5. The van der Waals surface area contributed by atoms with E-state index < -0.39 is 0 Å². The van der Waals surface area contributed by atoms with Gasteiger partial charge in [-0.1, -0.05) is 0 Å². The molecule has 0 radical (unpaired) electrons. The first-order valence-corrected chi connectivity index (χ1v) is 12.5. The van der Waals surface area contributed by atoms with Crippen molar-refractivity contribution in [2.45, 2.75) is 82.5 Å². The first-order chi connectivity index (χ1) is 16.2. The van der Waals surface area contributed by atoms with Gasteiger partial charge in [0, 0.05) is 37.0 Å². The SMILES string of the molecule is Cn1ncc(-c2nc(N[C@H]3CC[C@H](N)CC3)nc3c2ncn3C2CCCCO2)c1CC1CC1. The lowest BCUT2D eigenvalue weighted by atomic mass is 9.92. The highest BCUT2D eigenvalue weighted by Gasteiger charge is 2.28. The zero-order chi connectivity index (χ0) is 22.4. The fourth-order valence-corrected chi connectivity index (χ4v) is 5.27. The third kappa shape index (κ3) is 4.24. The summed E-state index contributed by atoms with van der Waals surface area (Å²) in [6.07, 6.45) is 14.8. The van der Waals surface area contributed by atoms with Crippen LogP contribution < -0.4 is 11.1 Å². The van der Waals surface area contributed by atoms with Gasteiger partial charge in [-0.2, -0.15) is 10.1 Å². The molecule has 3 aromatic rings. The van der Waals surface area contributed by atoms with E-state index in [9.17, 15) is 0 Å². The topological polar surface area (TPSA) is 109 Å². The quantitative estimate of drug-likeness (QED) is 0.591. The number of ether oxygens (including phenoxy) is 1. The van der Waals surface area contributed by atoms with Crippen molar-refractivity contribution in [1.29, 1.82) is 0 Å². The Labute approximate surface area is 194 Å². The van der Waals surface area contributed by atoms with Crippen LogP contribution in [0.4, 0.5) is 5.95 Å². The van der Waals surface area contributed by atoms with Crippen LogP contribution in [0.2, 0.25) is 0 Å². The Balaban J connectivity index is 1.42. The molecular formula is C24H34N8O. The smallest absolute Gasteiger partial charge is 0.225 e. The van der Waals surface area contributed by atoms with Crippen molar-refractivity contribution >= 4 is 17.1 Å². The average Bonchev–Trinajstić information content (AvgIpc) is 3.44. The van der Waals surface area contributed by atoms with Gasteiger partial charge in [0.25, 0.3) is 0 Å². The van der Waals surface area contributed by atoms with Gasteiger partial charge in [0.1, 0.15) is 17.4 Å². The molecule has 1 unspecified atom stereocenters. The molecule has 0 spiro atoms. The third-order valence-corrected chi connectivity index (χ3v) is 7.49. The molecule has 1 aliphatic heterocycles. The van der Waals surface area contributed by atoms with Crippen molar-refractivity contribution in [3.05, 3.63) is 18.2 Å². The summed E-state index contributed by atoms with van der Waals surface area (Å²) in [6, 6.07) is 0.657. The van der Waals surface area contributed by atoms with E-state index in [2.05, 4.69) is 15.0 Å². The lowest BCUT2D eigenvalue weighted by Crippen LogP contribution is -2.33. The van der Waals surface area contributed by atoms with Gasteiger partial charge in [0.05, 0.1) is 12.5 Å². The van der Waals surface area contributed by atoms with Gasteiger partial charge < -0.3 is 15.8 Å². The number of aromatic nitrogens is 6. The molecule has 3 N–H and O–H groups in total. The molecule has 4 heterocycles. The van der Waals surface area contributed by atoms with E-state index in [0.717, 1.165) is 86.3 Å². The number of hydrogen-bond donors (Lipinski definition) is 2. The van der Waals surface area contributed by atoms with Crippen molar-refractivity contribution in [2.24, 2.45) is 18.7 Å². The van der Waals surface area contributed by atoms with Crippen LogP contribution in [0.1, 0.15) is 69.7 Å². The number of anilines is 1. The first kappa shape index (κ1) is 21.0. The van der Waals surface area contributed by atoms with Gasteiger partial charge in [-0.3, -0.25) is 9.25 Å². The Kier molecular flexibility index (Phi) is 5.54. The van der Waals surface area contributed by atoms with E-state index in [-0.39, 0.29) is 6.23 Å². The molecule has 33 heavy (non-hydrogen) atoms. The third-order valence-electron chi connectivity index (χ3n) is 7.49. The van der Waals surface area contributed by atoms with Crippen molar-refractivity contribution in [1.82, 2.24) is 29.3 Å². The second-order valence-electron chi connectivity index (χ2n) is 10.1. The van der Waals surface area contributed by atoms with Crippen LogP contribution in [0.3, 0.4) is 0 Å². The number of rotatable bonds is 6. The number of aryl methyl sites for hydroxylation is 1. The molecule has 9 nitrogen and oxygen atoms in total. The summed E-state index contributed by atoms with van der Waals surface area (Å²) >= 11 is 0. The molecule has 0 amide bonds. The number of imidazole rings is 1. The number of nitrogens with two attached hydrogens (primary N) is 1. The summed E-state index contributed by atoms with van der Waals surface area (Å²) in [6.45, 7) is 0.782. The van der Waals surface area contributed by atoms with Gasteiger partial charge in [0.15, 0.2) is 5.65 Å². The van der Waals surface area contributed by atoms with Crippen LogP contribution in [0.5, 0.6) is 0 Å². The molecule has 9 heteroatoms. The molecule has 1 saturated heterocycles. The molecular weight excluding hydrogens is 416 g/mol. The standard InChI is InChI=1S/C24H34N8O/c1-31-19(12-15-5-6-15)18(13-27-31)21-22-23(32(14-26-22)20-4-2-3-11-33-20)30-24(29-21)28-17-9-7-16(25)8-10-17/h13-17,20H,2-12,25H2,1H3,(H,28,29,30)/t16-,17-,20?. The molecule has 2 saturated carbocycles. The van der Waals surface area contributed by atoms with Crippen LogP contribution in [0.15, 0.2) is 12.5 Å². The molecule has 6 rings (SSSR count). The molecule has 176 valence electrons. The van der Waals surface area contributed by atoms with Crippen molar-refractivity contribution in [3.8, 4) is 11.3 Å². The highest BCUT2D eigenvalue weighted by Crippen LogP contribution is 2.37. The Bertz CT molecular complexity index is 1120. The van der Waals surface area contributed by atoms with Gasteiger partial charge >= 0.3 is 0 Å². The average molecular weight is 451 g/mol. The molecule has 0 bridgehead atoms. The normalized spacial score (nSPS) is 26.1. The maximum Gasteiger partial charge on any atom is 0.225 e. The molecule has 3 aromatic heterocycles. The summed E-state index contributed by atoms with van der Waals surface area (Å²) in [5.41, 5.74) is 11.0. The number of nitrogens with zero attached hydrogens (tertiary/aromatic N) is 6. The number of fused-ring (bicyclic) bond motifs is 1. The zero-order valence-corrected chi connectivity index (χ0v) is 19.4. The number of nitrogens with one attached hydrogen (secondary N) is 1. The molecule has 0 aromatic carbocycles. The molecule has 3 aliphatic rings. The predicted octanol–water partition coefficient (Wildman–Crippen LogP) is 3.56. The van der Waals surface area contributed by atoms with E-state index in [0.29, 0.717) is 18.0 Å². The zero-order valence-electron chi connectivity index (χ0n) is 19.4. The van der Waals surface area contributed by atoms with E-state index in [1.807, 2.05) is 24.3 Å². The number of hydrogen-bond acceptors (Lipinski definition) is 7. The van der Waals surface area contributed by atoms with E-state index in [1.54, 1.807) is 0 Å². The minimum Gasteiger partial charge on any atom is -0.358 e. The van der Waals surface area contributed by atoms with Crippen molar-refractivity contribution in [2.75, 3.05) is 11.9 Å². The molecule has 2 aliphatic carbocycles. The fourth-order valence-electron chi connectivity index (χ4n) is 5.27. The van der Waals surface area contributed by atoms with Gasteiger partial charge in [0.2, 0.25) is 5.95 Å². The monoisotopic (exact) mass is 450 g/mol. The van der Waals surface area contributed by atoms with Crippen LogP contribution in [-0.4, -0.2) is 48.0 Å². The van der Waals surface area contributed by atoms with Crippen molar-refractivity contribution in [3.63, 3.8) is 0 Å². The summed E-state index contributed by atoms with van der Waals surface area (Å²) in [5.74, 6) is 1.42. The second-order valence-corrected chi connectivity index (χ2v) is 10.1. The van der Waals surface area contributed by atoms with Crippen LogP contribution >= 0.6 is 0 Å². The summed E-state index contributed by atoms with van der Waals surface area (Å²) in [5, 5.41) is 8.21. The summed E-state index contributed by atoms with van der Waals surface area (Å²) in [4.78, 5) is 14.8. The maximum atomic E-state index is 6.12. The minimum absolute atomic E-state index is 0.0214. The predicted molar refractivity (Wildman–Crippen MR) is 127 cm³/mol. The Morgan fingerprint density at radius 2 is 1.94 bits per heavy atom. The maximum absolute atomic E-state index is 6.12. The van der Waals surface area contributed by atoms with Gasteiger partial charge in [-0.05, 0) is 70.1 Å². The lowest BCUT2D eigenvalue weighted by molar-refractivity contribution is -0.0298. The Morgan fingerprint density at radius 1 is 1.09 bits per heavy atom. The lowest BCUT2D eigenvalue weighted by Gasteiger charge is -2.27. The molecule has 1 atom stereocenters. The van der Waals surface area contributed by atoms with E-state index >= 15 is 0 Å². The van der Waals surface area contributed by atoms with Gasteiger partial charge in [-0.15, -0.1) is 0 Å². The summed E-state index contributed by atoms with van der Waals surface area (Å²) < 4.78 is 10.2. The Hall–Kier alpha value is -2.52. The second kappa shape index (κ2) is 8.68. The summed E-state index contributed by atoms with van der Waals surface area (Å²) in [7, 11) is 2.03. The van der Waals surface area contributed by atoms with Crippen LogP contribution in [-0.2, 0) is 18.2 Å². The fraction of sp³-hybridized carbons (Fsp3) is 0.667. The largest absolute Gasteiger partial charge is 0.358 e. The van der Waals surface area contributed by atoms with Gasteiger partial charge in [-0.25, -0.2) is 9.97 Å². The van der Waals surface area contributed by atoms with Crippen molar-refractivity contribution < 1.29 is 4.74 Å². The van der Waals surface area contributed by atoms with Crippen LogP contribution in [0, 0.1) is 5.92 Å².